The summed E-state index contributed by atoms with van der Waals surface area (Å²) < 4.78 is 33.4. The highest BCUT2D eigenvalue weighted by Crippen LogP contribution is 2.29. The summed E-state index contributed by atoms with van der Waals surface area (Å²) in [5.74, 6) is -2.18. The van der Waals surface area contributed by atoms with Crippen molar-refractivity contribution >= 4 is 23.1 Å². The Kier molecular flexibility index (Phi) is 5.77. The number of amides is 1. The molecule has 0 aliphatic rings. The molecule has 3 aromatic heterocycles. The fraction of sp³-hybridized carbons (Fsp3) is 0.0455. The normalized spacial score (nSPS) is 10.6. The molecule has 4 aromatic rings. The van der Waals surface area contributed by atoms with Crippen LogP contribution in [0.5, 0.6) is 6.01 Å². The highest BCUT2D eigenvalue weighted by Gasteiger charge is 2.19. The number of nitrogen functional groups attached to an aromatic ring is 2. The van der Waals surface area contributed by atoms with Gasteiger partial charge in [0.2, 0.25) is 0 Å². The Morgan fingerprint density at radius 2 is 1.76 bits per heavy atom. The number of hydrogen-bond acceptors (Lipinski definition) is 8. The van der Waals surface area contributed by atoms with Crippen LogP contribution in [0.15, 0.2) is 54.9 Å². The van der Waals surface area contributed by atoms with E-state index in [2.05, 4.69) is 25.3 Å². The van der Waals surface area contributed by atoms with Gasteiger partial charge in [-0.1, -0.05) is 6.07 Å². The van der Waals surface area contributed by atoms with Crippen molar-refractivity contribution in [3.05, 3.63) is 72.2 Å². The fourth-order valence-electron chi connectivity index (χ4n) is 3.10. The summed E-state index contributed by atoms with van der Waals surface area (Å²) in [5, 5.41) is 2.66. The molecule has 9 nitrogen and oxygen atoms in total. The number of nitrogens with one attached hydrogen (secondary N) is 1. The summed E-state index contributed by atoms with van der Waals surface area (Å²) in [6, 6.07) is 9.27. The van der Waals surface area contributed by atoms with Crippen molar-refractivity contribution in [1.82, 2.24) is 19.9 Å². The number of aromatic nitrogens is 4. The zero-order valence-electron chi connectivity index (χ0n) is 17.2. The topological polar surface area (TPSA) is 142 Å². The Hall–Kier alpha value is -4.67. The highest BCUT2D eigenvalue weighted by molar-refractivity contribution is 6.08. The predicted octanol–water partition coefficient (Wildman–Crippen LogP) is 3.30. The molecule has 33 heavy (non-hydrogen) atoms. The van der Waals surface area contributed by atoms with E-state index in [1.165, 1.54) is 43.8 Å². The van der Waals surface area contributed by atoms with E-state index in [9.17, 15) is 13.6 Å². The van der Waals surface area contributed by atoms with E-state index in [1.807, 2.05) is 0 Å². The average molecular weight is 449 g/mol. The molecule has 11 heteroatoms. The molecule has 0 atom stereocenters. The maximum Gasteiger partial charge on any atom is 0.318 e. The van der Waals surface area contributed by atoms with Crippen LogP contribution in [0.2, 0.25) is 0 Å². The molecule has 0 bridgehead atoms. The van der Waals surface area contributed by atoms with Crippen LogP contribution >= 0.6 is 0 Å². The number of anilines is 3. The summed E-state index contributed by atoms with van der Waals surface area (Å²) in [6.07, 6.45) is 2.90. The van der Waals surface area contributed by atoms with Crippen molar-refractivity contribution in [3.63, 3.8) is 0 Å². The smallest absolute Gasteiger partial charge is 0.318 e. The van der Waals surface area contributed by atoms with Crippen LogP contribution < -0.4 is 21.5 Å². The summed E-state index contributed by atoms with van der Waals surface area (Å²) in [4.78, 5) is 29.3. The van der Waals surface area contributed by atoms with E-state index in [4.69, 9.17) is 16.2 Å². The number of ether oxygens (including phenoxy) is 1. The molecule has 3 heterocycles. The van der Waals surface area contributed by atoms with Crippen LogP contribution in [-0.4, -0.2) is 33.0 Å². The molecule has 166 valence electrons. The summed E-state index contributed by atoms with van der Waals surface area (Å²) in [6.45, 7) is 0. The van der Waals surface area contributed by atoms with Crippen LogP contribution in [0, 0.1) is 11.6 Å². The molecule has 0 saturated heterocycles. The van der Waals surface area contributed by atoms with Gasteiger partial charge in [0.1, 0.15) is 17.5 Å². The Morgan fingerprint density at radius 1 is 1.00 bits per heavy atom. The van der Waals surface area contributed by atoms with Crippen LogP contribution in [-0.2, 0) is 0 Å². The lowest BCUT2D eigenvalue weighted by molar-refractivity contribution is 0.102. The molecule has 4 rings (SSSR count). The molecular formula is C22H17F2N7O2. The number of hydrogen-bond donors (Lipinski definition) is 3. The minimum absolute atomic E-state index is 0.0198. The minimum atomic E-state index is -0.816. The quantitative estimate of drug-likeness (QED) is 0.421. The third-order valence-corrected chi connectivity index (χ3v) is 4.61. The Labute approximate surface area is 186 Å². The van der Waals surface area contributed by atoms with Gasteiger partial charge in [-0.05, 0) is 30.3 Å². The number of pyridine rings is 2. The van der Waals surface area contributed by atoms with Gasteiger partial charge >= 0.3 is 6.01 Å². The Balaban J connectivity index is 1.72. The summed E-state index contributed by atoms with van der Waals surface area (Å²) in [5.41, 5.74) is 12.2. The van der Waals surface area contributed by atoms with E-state index >= 15 is 0 Å². The van der Waals surface area contributed by atoms with Crippen LogP contribution in [0.1, 0.15) is 10.5 Å². The minimum Gasteiger partial charge on any atom is -0.467 e. The standard InChI is InChI=1S/C22H17F2N7O2/c1-33-22-30-16(9-18(26)31-22)11-7-8-27-10-17(11)29-21(32)20-14(25)5-6-15(28-20)19-12(23)3-2-4-13(19)24/h2-10H,25H2,1H3,(H,29,32)(H2,26,30,31). The van der Waals surface area contributed by atoms with Gasteiger partial charge < -0.3 is 21.5 Å². The van der Waals surface area contributed by atoms with Crippen molar-refractivity contribution < 1.29 is 18.3 Å². The molecule has 1 amide bonds. The number of benzene rings is 1. The Morgan fingerprint density at radius 3 is 2.48 bits per heavy atom. The number of halogens is 2. The fourth-order valence-corrected chi connectivity index (χ4v) is 3.10. The third-order valence-electron chi connectivity index (χ3n) is 4.61. The molecule has 0 aliphatic carbocycles. The molecule has 0 spiro atoms. The zero-order valence-corrected chi connectivity index (χ0v) is 17.2. The van der Waals surface area contributed by atoms with Gasteiger partial charge in [0, 0.05) is 17.8 Å². The molecule has 0 saturated carbocycles. The van der Waals surface area contributed by atoms with Gasteiger partial charge in [0.15, 0.2) is 5.69 Å². The second-order valence-corrected chi connectivity index (χ2v) is 6.77. The van der Waals surface area contributed by atoms with Gasteiger partial charge in [-0.15, -0.1) is 0 Å². The summed E-state index contributed by atoms with van der Waals surface area (Å²) >= 11 is 0. The van der Waals surface area contributed by atoms with E-state index in [0.717, 1.165) is 12.1 Å². The lowest BCUT2D eigenvalue weighted by Gasteiger charge is -2.13. The van der Waals surface area contributed by atoms with Gasteiger partial charge in [-0.25, -0.2) is 13.8 Å². The first-order valence-electron chi connectivity index (χ1n) is 9.52. The van der Waals surface area contributed by atoms with Crippen LogP contribution in [0.25, 0.3) is 22.5 Å². The maximum absolute atomic E-state index is 14.2. The molecule has 0 radical (unpaired) electrons. The van der Waals surface area contributed by atoms with E-state index in [-0.39, 0.29) is 40.2 Å². The van der Waals surface area contributed by atoms with Gasteiger partial charge in [0.25, 0.3) is 5.91 Å². The number of methoxy groups -OCH3 is 1. The molecular weight excluding hydrogens is 432 g/mol. The molecule has 5 N–H and O–H groups in total. The first kappa shape index (κ1) is 21.6. The van der Waals surface area contributed by atoms with Gasteiger partial charge in [0.05, 0.1) is 41.6 Å². The first-order chi connectivity index (χ1) is 15.9. The van der Waals surface area contributed by atoms with Crippen LogP contribution in [0.3, 0.4) is 0 Å². The largest absolute Gasteiger partial charge is 0.467 e. The lowest BCUT2D eigenvalue weighted by atomic mass is 10.1. The lowest BCUT2D eigenvalue weighted by Crippen LogP contribution is -2.17. The molecule has 1 aromatic carbocycles. The zero-order chi connectivity index (χ0) is 23.5. The van der Waals surface area contributed by atoms with Gasteiger partial charge in [-0.3, -0.25) is 9.78 Å². The highest BCUT2D eigenvalue weighted by atomic mass is 19.1. The monoisotopic (exact) mass is 449 g/mol. The Bertz CT molecular complexity index is 1340. The van der Waals surface area contributed by atoms with E-state index < -0.39 is 17.5 Å². The van der Waals surface area contributed by atoms with Gasteiger partial charge in [-0.2, -0.15) is 9.97 Å². The van der Waals surface area contributed by atoms with Crippen molar-refractivity contribution in [2.75, 3.05) is 23.9 Å². The second kappa shape index (κ2) is 8.83. The van der Waals surface area contributed by atoms with E-state index in [0.29, 0.717) is 11.3 Å². The maximum atomic E-state index is 14.2. The predicted molar refractivity (Wildman–Crippen MR) is 118 cm³/mol. The van der Waals surface area contributed by atoms with E-state index in [1.54, 1.807) is 6.07 Å². The van der Waals surface area contributed by atoms with Crippen molar-refractivity contribution in [3.8, 4) is 28.5 Å². The molecule has 0 fully saturated rings. The van der Waals surface area contributed by atoms with Crippen molar-refractivity contribution in [2.45, 2.75) is 0 Å². The number of nitrogens with two attached hydrogens (primary N) is 2. The molecule has 0 aliphatic heterocycles. The van der Waals surface area contributed by atoms with Crippen molar-refractivity contribution in [2.24, 2.45) is 0 Å². The number of rotatable bonds is 5. The second-order valence-electron chi connectivity index (χ2n) is 6.77. The van der Waals surface area contributed by atoms with Crippen LogP contribution in [0.4, 0.5) is 26.0 Å². The number of carbonyl (C=O) groups is 1. The van der Waals surface area contributed by atoms with Crippen molar-refractivity contribution in [1.29, 1.82) is 0 Å². The number of carbonyl (C=O) groups excluding carboxylic acids is 1. The first-order valence-corrected chi connectivity index (χ1v) is 9.52. The molecule has 0 unspecified atom stereocenters. The third kappa shape index (κ3) is 4.37. The SMILES string of the molecule is COc1nc(N)cc(-c2ccncc2NC(=O)c2nc(-c3c(F)cccc3F)ccc2N)n1. The average Bonchev–Trinajstić information content (AvgIpc) is 2.79. The number of nitrogens with zero attached hydrogens (tertiary/aromatic N) is 4. The summed E-state index contributed by atoms with van der Waals surface area (Å²) in [7, 11) is 1.40.